The molecule has 0 atom stereocenters. The van der Waals surface area contributed by atoms with E-state index in [2.05, 4.69) is 20.1 Å². The molecule has 0 fully saturated rings. The smallest absolute Gasteiger partial charge is 0.258 e. The second-order valence-corrected chi connectivity index (χ2v) is 5.87. The van der Waals surface area contributed by atoms with Crippen LogP contribution in [0.4, 0.5) is 0 Å². The number of hydrogen-bond acceptors (Lipinski definition) is 6. The van der Waals surface area contributed by atoms with Crippen molar-refractivity contribution in [3.05, 3.63) is 63.9 Å². The fourth-order valence-corrected chi connectivity index (χ4v) is 3.11. The zero-order chi connectivity index (χ0) is 15.8. The molecule has 23 heavy (non-hydrogen) atoms. The first-order valence-electron chi connectivity index (χ1n) is 6.99. The third-order valence-corrected chi connectivity index (χ3v) is 4.10. The highest BCUT2D eigenvalue weighted by atomic mass is 32.1. The van der Waals surface area contributed by atoms with Crippen LogP contribution in [0, 0.1) is 6.92 Å². The molecule has 0 aromatic carbocycles. The molecule has 0 saturated carbocycles. The molecule has 4 aromatic heterocycles. The summed E-state index contributed by atoms with van der Waals surface area (Å²) in [7, 11) is 0. The van der Waals surface area contributed by atoms with Crippen LogP contribution in [-0.4, -0.2) is 29.1 Å². The molecular weight excluding hydrogens is 312 g/mol. The van der Waals surface area contributed by atoms with Crippen LogP contribution in [0.1, 0.15) is 11.5 Å². The number of rotatable bonds is 3. The minimum Gasteiger partial charge on any atom is -0.269 e. The van der Waals surface area contributed by atoms with Crippen molar-refractivity contribution in [2.45, 2.75) is 13.5 Å². The molecule has 0 aliphatic carbocycles. The third kappa shape index (κ3) is 2.53. The first-order chi connectivity index (χ1) is 11.2. The van der Waals surface area contributed by atoms with E-state index in [-0.39, 0.29) is 5.56 Å². The maximum atomic E-state index is 12.1. The van der Waals surface area contributed by atoms with Gasteiger partial charge in [0.05, 0.1) is 12.2 Å². The van der Waals surface area contributed by atoms with Crippen LogP contribution in [0.5, 0.6) is 0 Å². The Morgan fingerprint density at radius 3 is 3.00 bits per heavy atom. The topological polar surface area (TPSA) is 78.0 Å². The normalized spacial score (nSPS) is 11.2. The van der Waals surface area contributed by atoms with Crippen LogP contribution in [0.2, 0.25) is 0 Å². The quantitative estimate of drug-likeness (QED) is 0.574. The van der Waals surface area contributed by atoms with Gasteiger partial charge in [-0.2, -0.15) is 5.10 Å². The van der Waals surface area contributed by atoms with Crippen LogP contribution in [0.3, 0.4) is 0 Å². The maximum Gasteiger partial charge on any atom is 0.258 e. The molecule has 8 heteroatoms. The largest absolute Gasteiger partial charge is 0.269 e. The van der Waals surface area contributed by atoms with Gasteiger partial charge in [-0.25, -0.2) is 14.6 Å². The van der Waals surface area contributed by atoms with Gasteiger partial charge in [0.2, 0.25) is 0 Å². The SMILES string of the molecule is Cc1nc(-c2ccccn2)n(Cc2cc(=O)n3ccsc3n2)n1. The van der Waals surface area contributed by atoms with E-state index in [0.29, 0.717) is 28.8 Å². The number of pyridine rings is 1. The summed E-state index contributed by atoms with van der Waals surface area (Å²) in [5, 5.41) is 6.24. The predicted molar refractivity (Wildman–Crippen MR) is 86.4 cm³/mol. The summed E-state index contributed by atoms with van der Waals surface area (Å²) in [6.07, 6.45) is 3.43. The number of nitrogens with zero attached hydrogens (tertiary/aromatic N) is 6. The fourth-order valence-electron chi connectivity index (χ4n) is 2.37. The zero-order valence-electron chi connectivity index (χ0n) is 12.2. The molecular formula is C15H12N6OS. The number of hydrogen-bond donors (Lipinski definition) is 0. The second-order valence-electron chi connectivity index (χ2n) is 5.00. The zero-order valence-corrected chi connectivity index (χ0v) is 13.1. The average molecular weight is 324 g/mol. The Kier molecular flexibility index (Phi) is 3.23. The lowest BCUT2D eigenvalue weighted by Gasteiger charge is -2.05. The highest BCUT2D eigenvalue weighted by Gasteiger charge is 2.13. The van der Waals surface area contributed by atoms with E-state index in [9.17, 15) is 4.79 Å². The number of fused-ring (bicyclic) bond motifs is 1. The minimum absolute atomic E-state index is 0.0949. The Morgan fingerprint density at radius 1 is 1.26 bits per heavy atom. The Morgan fingerprint density at radius 2 is 2.17 bits per heavy atom. The van der Waals surface area contributed by atoms with Gasteiger partial charge in [-0.15, -0.1) is 11.3 Å². The van der Waals surface area contributed by atoms with Gasteiger partial charge in [0.1, 0.15) is 11.5 Å². The van der Waals surface area contributed by atoms with E-state index in [1.807, 2.05) is 30.5 Å². The van der Waals surface area contributed by atoms with Crippen molar-refractivity contribution in [3.63, 3.8) is 0 Å². The Bertz CT molecular complexity index is 1030. The first kappa shape index (κ1) is 13.8. The van der Waals surface area contributed by atoms with Crippen molar-refractivity contribution in [2.75, 3.05) is 0 Å². The van der Waals surface area contributed by atoms with Gasteiger partial charge in [0.15, 0.2) is 10.8 Å². The summed E-state index contributed by atoms with van der Waals surface area (Å²) >= 11 is 1.43. The van der Waals surface area contributed by atoms with Crippen molar-refractivity contribution in [1.29, 1.82) is 0 Å². The molecule has 0 radical (unpaired) electrons. The Hall–Kier alpha value is -2.87. The van der Waals surface area contributed by atoms with Crippen LogP contribution in [0.15, 0.2) is 46.8 Å². The van der Waals surface area contributed by atoms with E-state index in [1.54, 1.807) is 17.1 Å². The van der Waals surface area contributed by atoms with Gasteiger partial charge < -0.3 is 0 Å². The summed E-state index contributed by atoms with van der Waals surface area (Å²) in [4.78, 5) is 26.0. The molecule has 0 saturated heterocycles. The summed E-state index contributed by atoms with van der Waals surface area (Å²) in [5.74, 6) is 1.32. The summed E-state index contributed by atoms with van der Waals surface area (Å²) in [6.45, 7) is 2.20. The van der Waals surface area contributed by atoms with Gasteiger partial charge in [-0.3, -0.25) is 14.2 Å². The maximum absolute atomic E-state index is 12.1. The first-order valence-corrected chi connectivity index (χ1v) is 7.87. The average Bonchev–Trinajstić information content (AvgIpc) is 3.15. The van der Waals surface area contributed by atoms with Crippen LogP contribution >= 0.6 is 11.3 Å². The molecule has 4 heterocycles. The van der Waals surface area contributed by atoms with E-state index in [4.69, 9.17) is 0 Å². The molecule has 0 amide bonds. The van der Waals surface area contributed by atoms with Gasteiger partial charge in [0, 0.05) is 23.8 Å². The standard InChI is InChI=1S/C15H12N6OS/c1-10-17-14(12-4-2-3-5-16-12)21(19-10)9-11-8-13(22)20-6-7-23-15(20)18-11/h2-8H,9H2,1H3. The highest BCUT2D eigenvalue weighted by Crippen LogP contribution is 2.15. The Labute approximate surface area is 134 Å². The van der Waals surface area contributed by atoms with Crippen molar-refractivity contribution in [2.24, 2.45) is 0 Å². The number of aryl methyl sites for hydroxylation is 1. The van der Waals surface area contributed by atoms with E-state index < -0.39 is 0 Å². The molecule has 0 unspecified atom stereocenters. The molecule has 7 nitrogen and oxygen atoms in total. The van der Waals surface area contributed by atoms with Gasteiger partial charge in [-0.05, 0) is 19.1 Å². The number of aromatic nitrogens is 6. The second kappa shape index (κ2) is 5.40. The van der Waals surface area contributed by atoms with Crippen molar-refractivity contribution in [3.8, 4) is 11.5 Å². The molecule has 0 aliphatic rings. The summed E-state index contributed by atoms with van der Waals surface area (Å²) in [5.41, 5.74) is 1.30. The van der Waals surface area contributed by atoms with Crippen LogP contribution in [-0.2, 0) is 6.54 Å². The molecule has 0 N–H and O–H groups in total. The van der Waals surface area contributed by atoms with E-state index >= 15 is 0 Å². The molecule has 0 aliphatic heterocycles. The predicted octanol–water partition coefficient (Wildman–Crippen LogP) is 1.77. The van der Waals surface area contributed by atoms with Crippen LogP contribution in [0.25, 0.3) is 16.5 Å². The molecule has 4 aromatic rings. The van der Waals surface area contributed by atoms with E-state index in [0.717, 1.165) is 5.69 Å². The molecule has 0 spiro atoms. The van der Waals surface area contributed by atoms with Crippen LogP contribution < -0.4 is 5.56 Å². The van der Waals surface area contributed by atoms with Gasteiger partial charge in [-0.1, -0.05) is 6.07 Å². The monoisotopic (exact) mass is 324 g/mol. The van der Waals surface area contributed by atoms with Gasteiger partial charge >= 0.3 is 0 Å². The van der Waals surface area contributed by atoms with Crippen molar-refractivity contribution >= 4 is 16.3 Å². The Balaban J connectivity index is 1.78. The highest BCUT2D eigenvalue weighted by molar-refractivity contribution is 7.15. The fraction of sp³-hybridized carbons (Fsp3) is 0.133. The third-order valence-electron chi connectivity index (χ3n) is 3.34. The van der Waals surface area contributed by atoms with Gasteiger partial charge in [0.25, 0.3) is 5.56 Å². The molecule has 4 rings (SSSR count). The lowest BCUT2D eigenvalue weighted by molar-refractivity contribution is 0.670. The van der Waals surface area contributed by atoms with E-state index in [1.165, 1.54) is 21.8 Å². The number of thiazole rings is 1. The molecule has 0 bridgehead atoms. The minimum atomic E-state index is -0.0949. The summed E-state index contributed by atoms with van der Waals surface area (Å²) < 4.78 is 3.25. The summed E-state index contributed by atoms with van der Waals surface area (Å²) in [6, 6.07) is 7.16. The van der Waals surface area contributed by atoms with Crippen molar-refractivity contribution in [1.82, 2.24) is 29.1 Å². The van der Waals surface area contributed by atoms with Crippen molar-refractivity contribution < 1.29 is 0 Å². The lowest BCUT2D eigenvalue weighted by atomic mass is 10.3. The lowest BCUT2D eigenvalue weighted by Crippen LogP contribution is -2.15. The molecule has 114 valence electrons.